The number of amides is 2. The Morgan fingerprint density at radius 2 is 1.86 bits per heavy atom. The predicted molar refractivity (Wildman–Crippen MR) is 140 cm³/mol. The molecule has 2 aromatic heterocycles. The van der Waals surface area contributed by atoms with Crippen molar-refractivity contribution in [3.8, 4) is 0 Å². The molecule has 1 aromatic carbocycles. The van der Waals surface area contributed by atoms with Gasteiger partial charge in [-0.1, -0.05) is 31.4 Å². The summed E-state index contributed by atoms with van der Waals surface area (Å²) in [6, 6.07) is 11.8. The maximum Gasteiger partial charge on any atom is 0.337 e. The summed E-state index contributed by atoms with van der Waals surface area (Å²) < 4.78 is 4.90. The lowest BCUT2D eigenvalue weighted by atomic mass is 9.95. The first-order valence-electron chi connectivity index (χ1n) is 11.8. The number of methoxy groups -OCH3 is 1. The molecule has 1 atom stereocenters. The molecule has 0 radical (unpaired) electrons. The van der Waals surface area contributed by atoms with Gasteiger partial charge in [0.15, 0.2) is 0 Å². The van der Waals surface area contributed by atoms with Crippen molar-refractivity contribution in [1.82, 2.24) is 5.32 Å². The van der Waals surface area contributed by atoms with Crippen LogP contribution in [0.3, 0.4) is 0 Å². The first-order chi connectivity index (χ1) is 17.0. The van der Waals surface area contributed by atoms with Gasteiger partial charge >= 0.3 is 5.97 Å². The summed E-state index contributed by atoms with van der Waals surface area (Å²) in [5, 5.41) is 7.11. The van der Waals surface area contributed by atoms with Gasteiger partial charge in [0.1, 0.15) is 6.04 Å². The van der Waals surface area contributed by atoms with Gasteiger partial charge in [-0.15, -0.1) is 22.7 Å². The lowest BCUT2D eigenvalue weighted by Gasteiger charge is -2.33. The SMILES string of the molecule is COC(=O)c1cccc(N(C(=O)Cc2cccs2)C(C(=O)NC2CCCCC2)c2sccc2C)c1. The number of rotatable bonds is 8. The number of hydrogen-bond acceptors (Lipinski definition) is 6. The first-order valence-corrected chi connectivity index (χ1v) is 13.6. The van der Waals surface area contributed by atoms with E-state index in [1.54, 1.807) is 29.2 Å². The van der Waals surface area contributed by atoms with Gasteiger partial charge < -0.3 is 10.1 Å². The van der Waals surface area contributed by atoms with E-state index in [1.165, 1.54) is 36.2 Å². The van der Waals surface area contributed by atoms with E-state index < -0.39 is 12.0 Å². The summed E-state index contributed by atoms with van der Waals surface area (Å²) in [5.74, 6) is -0.885. The third kappa shape index (κ3) is 6.00. The summed E-state index contributed by atoms with van der Waals surface area (Å²) in [4.78, 5) is 43.3. The van der Waals surface area contributed by atoms with Crippen LogP contribution in [-0.2, 0) is 20.7 Å². The van der Waals surface area contributed by atoms with Crippen LogP contribution in [0.5, 0.6) is 0 Å². The van der Waals surface area contributed by atoms with E-state index in [9.17, 15) is 14.4 Å². The standard InChI is InChI=1S/C27H30N2O4S2/c1-18-13-15-35-25(18)24(26(31)28-20-9-4-3-5-10-20)29(23(30)17-22-12-7-14-34-22)21-11-6-8-19(16-21)27(32)33-2/h6-8,11-16,20,24H,3-5,9-10,17H2,1-2H3,(H,28,31). The van der Waals surface area contributed by atoms with Crippen molar-refractivity contribution in [2.75, 3.05) is 12.0 Å². The molecule has 0 spiro atoms. The van der Waals surface area contributed by atoms with Crippen LogP contribution in [-0.4, -0.2) is 30.9 Å². The van der Waals surface area contributed by atoms with Crippen molar-refractivity contribution in [3.05, 3.63) is 74.1 Å². The van der Waals surface area contributed by atoms with Gasteiger partial charge in [0.05, 0.1) is 19.1 Å². The monoisotopic (exact) mass is 510 g/mol. The Kier molecular flexibility index (Phi) is 8.36. The van der Waals surface area contributed by atoms with Crippen LogP contribution in [0.2, 0.25) is 0 Å². The van der Waals surface area contributed by atoms with Crippen molar-refractivity contribution in [2.24, 2.45) is 0 Å². The van der Waals surface area contributed by atoms with Crippen molar-refractivity contribution < 1.29 is 19.1 Å². The van der Waals surface area contributed by atoms with Crippen LogP contribution in [0.15, 0.2) is 53.2 Å². The molecule has 2 heterocycles. The first kappa shape index (κ1) is 25.1. The van der Waals surface area contributed by atoms with Gasteiger partial charge in [0, 0.05) is 21.5 Å². The number of carbonyl (C=O) groups excluding carboxylic acids is 3. The Labute approximate surface area is 213 Å². The molecule has 0 aliphatic heterocycles. The fourth-order valence-corrected chi connectivity index (χ4v) is 6.24. The van der Waals surface area contributed by atoms with E-state index in [2.05, 4.69) is 5.32 Å². The molecule has 8 heteroatoms. The van der Waals surface area contributed by atoms with Crippen molar-refractivity contribution in [2.45, 2.75) is 57.5 Å². The number of aryl methyl sites for hydroxylation is 1. The zero-order valence-electron chi connectivity index (χ0n) is 20.0. The summed E-state index contributed by atoms with van der Waals surface area (Å²) in [6.07, 6.45) is 5.43. The van der Waals surface area contributed by atoms with Gasteiger partial charge in [-0.2, -0.15) is 0 Å². The molecular formula is C27H30N2O4S2. The average molecular weight is 511 g/mol. The van der Waals surface area contributed by atoms with Crippen LogP contribution in [0, 0.1) is 6.92 Å². The van der Waals surface area contributed by atoms with Crippen LogP contribution in [0.1, 0.15) is 63.8 Å². The predicted octanol–water partition coefficient (Wildman–Crippen LogP) is 5.67. The molecule has 0 saturated heterocycles. The third-order valence-electron chi connectivity index (χ3n) is 6.33. The van der Waals surface area contributed by atoms with Gasteiger partial charge in [-0.25, -0.2) is 4.79 Å². The number of ether oxygens (including phenoxy) is 1. The minimum Gasteiger partial charge on any atom is -0.465 e. The number of hydrogen-bond donors (Lipinski definition) is 1. The Morgan fingerprint density at radius 1 is 1.06 bits per heavy atom. The zero-order chi connectivity index (χ0) is 24.8. The second-order valence-corrected chi connectivity index (χ2v) is 10.8. The van der Waals surface area contributed by atoms with Crippen molar-refractivity contribution in [1.29, 1.82) is 0 Å². The minimum atomic E-state index is -0.836. The molecular weight excluding hydrogens is 480 g/mol. The van der Waals surface area contributed by atoms with Crippen LogP contribution >= 0.6 is 22.7 Å². The summed E-state index contributed by atoms with van der Waals surface area (Å²) in [6.45, 7) is 1.96. The quantitative estimate of drug-likeness (QED) is 0.396. The van der Waals surface area contributed by atoms with E-state index in [0.29, 0.717) is 11.3 Å². The number of nitrogens with zero attached hydrogens (tertiary/aromatic N) is 1. The molecule has 1 saturated carbocycles. The molecule has 1 N–H and O–H groups in total. The summed E-state index contributed by atoms with van der Waals surface area (Å²) in [7, 11) is 1.32. The number of benzene rings is 1. The maximum absolute atomic E-state index is 13.9. The average Bonchev–Trinajstić information content (AvgIpc) is 3.54. The lowest BCUT2D eigenvalue weighted by molar-refractivity contribution is -0.127. The number of thiophene rings is 2. The van der Waals surface area contributed by atoms with Gasteiger partial charge in [-0.3, -0.25) is 14.5 Å². The minimum absolute atomic E-state index is 0.106. The molecule has 4 rings (SSSR count). The molecule has 184 valence electrons. The second-order valence-electron chi connectivity index (χ2n) is 8.78. The number of carbonyl (C=O) groups is 3. The fourth-order valence-electron chi connectivity index (χ4n) is 4.53. The van der Waals surface area contributed by atoms with Gasteiger partial charge in [0.25, 0.3) is 0 Å². The molecule has 1 aliphatic carbocycles. The molecule has 6 nitrogen and oxygen atoms in total. The third-order valence-corrected chi connectivity index (χ3v) is 8.28. The Bertz CT molecular complexity index is 1170. The van der Waals surface area contributed by atoms with Crippen LogP contribution < -0.4 is 10.2 Å². The summed E-state index contributed by atoms with van der Waals surface area (Å²) >= 11 is 2.97. The van der Waals surface area contributed by atoms with E-state index in [4.69, 9.17) is 4.74 Å². The Balaban J connectivity index is 1.77. The molecule has 1 unspecified atom stereocenters. The van der Waals surface area contributed by atoms with E-state index in [0.717, 1.165) is 41.0 Å². The highest BCUT2D eigenvalue weighted by Crippen LogP contribution is 2.35. The highest BCUT2D eigenvalue weighted by molar-refractivity contribution is 7.10. The zero-order valence-corrected chi connectivity index (χ0v) is 21.6. The molecule has 35 heavy (non-hydrogen) atoms. The maximum atomic E-state index is 13.9. The Hall–Kier alpha value is -2.97. The second kappa shape index (κ2) is 11.6. The molecule has 2 amide bonds. The highest BCUT2D eigenvalue weighted by atomic mass is 32.1. The molecule has 3 aromatic rings. The largest absolute Gasteiger partial charge is 0.465 e. The summed E-state index contributed by atoms with van der Waals surface area (Å²) in [5.41, 5.74) is 1.77. The molecule has 1 aliphatic rings. The van der Waals surface area contributed by atoms with E-state index in [1.807, 2.05) is 35.9 Å². The topological polar surface area (TPSA) is 75.7 Å². The smallest absolute Gasteiger partial charge is 0.337 e. The number of nitrogens with one attached hydrogen (secondary N) is 1. The fraction of sp³-hybridized carbons (Fsp3) is 0.370. The molecule has 0 bridgehead atoms. The van der Waals surface area contributed by atoms with Crippen LogP contribution in [0.25, 0.3) is 0 Å². The van der Waals surface area contributed by atoms with Gasteiger partial charge in [0.2, 0.25) is 11.8 Å². The van der Waals surface area contributed by atoms with Gasteiger partial charge in [-0.05, 0) is 66.4 Å². The Morgan fingerprint density at radius 3 is 2.51 bits per heavy atom. The van der Waals surface area contributed by atoms with E-state index in [-0.39, 0.29) is 24.3 Å². The molecule has 1 fully saturated rings. The van der Waals surface area contributed by atoms with Crippen molar-refractivity contribution in [3.63, 3.8) is 0 Å². The normalized spacial score (nSPS) is 14.8. The van der Waals surface area contributed by atoms with E-state index >= 15 is 0 Å². The van der Waals surface area contributed by atoms with Crippen LogP contribution in [0.4, 0.5) is 5.69 Å². The number of esters is 1. The lowest BCUT2D eigenvalue weighted by Crippen LogP contribution is -2.47. The number of anilines is 1. The van der Waals surface area contributed by atoms with Crippen molar-refractivity contribution >= 4 is 46.1 Å². The highest BCUT2D eigenvalue weighted by Gasteiger charge is 2.36.